The molecule has 0 N–H and O–H groups in total. The van der Waals surface area contributed by atoms with Gasteiger partial charge in [0.1, 0.15) is 17.4 Å². The lowest BCUT2D eigenvalue weighted by Crippen LogP contribution is -2.72. The smallest absolute Gasteiger partial charge is 0.229 e. The molecular formula is C18H20N2O3S. The molecule has 6 heteroatoms. The Labute approximate surface area is 145 Å². The fourth-order valence-corrected chi connectivity index (χ4v) is 3.80. The van der Waals surface area contributed by atoms with E-state index < -0.39 is 0 Å². The fraction of sp³-hybridized carbons (Fsp3) is 0.444. The van der Waals surface area contributed by atoms with Gasteiger partial charge in [-0.05, 0) is 25.5 Å². The minimum absolute atomic E-state index is 0.00445. The predicted octanol–water partition coefficient (Wildman–Crippen LogP) is 2.57. The molecule has 0 atom stereocenters. The number of hydrogen-bond acceptors (Lipinski definition) is 5. The van der Waals surface area contributed by atoms with Gasteiger partial charge in [-0.2, -0.15) is 0 Å². The first kappa shape index (κ1) is 15.6. The molecule has 5 nitrogen and oxygen atoms in total. The lowest BCUT2D eigenvalue weighted by Gasteiger charge is -2.57. The molecule has 3 heterocycles. The second-order valence-electron chi connectivity index (χ2n) is 6.52. The highest BCUT2D eigenvalue weighted by Gasteiger charge is 2.52. The molecule has 0 aliphatic carbocycles. The number of aromatic nitrogens is 1. The summed E-state index contributed by atoms with van der Waals surface area (Å²) >= 11 is 1.54. The largest absolute Gasteiger partial charge is 0.486 e. The number of hydrogen-bond donors (Lipinski definition) is 0. The molecule has 0 saturated carbocycles. The van der Waals surface area contributed by atoms with Crippen molar-refractivity contribution in [2.45, 2.75) is 31.9 Å². The second-order valence-corrected chi connectivity index (χ2v) is 7.47. The standard InChI is InChI=1S/C18H20N2O3S/c1-13-2-4-15(5-3-13)23-9-16-19-14(10-24-16)8-17(21)20-7-6-18(20)11-22-12-18/h2-5,10H,6-9,11-12H2,1H3. The summed E-state index contributed by atoms with van der Waals surface area (Å²) in [6.45, 7) is 4.70. The first-order chi connectivity index (χ1) is 11.6. The maximum atomic E-state index is 12.4. The second kappa shape index (κ2) is 6.18. The number of nitrogens with zero attached hydrogens (tertiary/aromatic N) is 2. The highest BCUT2D eigenvalue weighted by atomic mass is 32.1. The van der Waals surface area contributed by atoms with E-state index in [1.165, 1.54) is 16.9 Å². The van der Waals surface area contributed by atoms with Gasteiger partial charge in [0.15, 0.2) is 0 Å². The summed E-state index contributed by atoms with van der Waals surface area (Å²) in [6.07, 6.45) is 1.42. The van der Waals surface area contributed by atoms with E-state index in [4.69, 9.17) is 9.47 Å². The number of amides is 1. The Bertz CT molecular complexity index is 731. The first-order valence-corrected chi connectivity index (χ1v) is 9.04. The van der Waals surface area contributed by atoms with E-state index in [9.17, 15) is 4.79 Å². The van der Waals surface area contributed by atoms with Gasteiger partial charge in [0.25, 0.3) is 0 Å². The molecule has 2 aliphatic heterocycles. The molecule has 1 amide bonds. The zero-order chi connectivity index (χ0) is 16.6. The van der Waals surface area contributed by atoms with Gasteiger partial charge in [-0.3, -0.25) is 4.79 Å². The molecule has 0 bridgehead atoms. The van der Waals surface area contributed by atoms with E-state index in [0.29, 0.717) is 26.2 Å². The number of rotatable bonds is 5. The van der Waals surface area contributed by atoms with Crippen LogP contribution in [0.3, 0.4) is 0 Å². The van der Waals surface area contributed by atoms with Crippen LogP contribution >= 0.6 is 11.3 Å². The minimum atomic E-state index is 0.00445. The Morgan fingerprint density at radius 1 is 1.38 bits per heavy atom. The molecular weight excluding hydrogens is 324 g/mol. The summed E-state index contributed by atoms with van der Waals surface area (Å²) in [4.78, 5) is 18.9. The van der Waals surface area contributed by atoms with E-state index in [1.54, 1.807) is 0 Å². The SMILES string of the molecule is Cc1ccc(OCc2nc(CC(=O)N3CCC34COC4)cs2)cc1. The molecule has 2 saturated heterocycles. The van der Waals surface area contributed by atoms with Crippen molar-refractivity contribution < 1.29 is 14.3 Å². The topological polar surface area (TPSA) is 51.7 Å². The van der Waals surface area contributed by atoms with Crippen LogP contribution in [-0.4, -0.2) is 41.1 Å². The summed E-state index contributed by atoms with van der Waals surface area (Å²) in [5.41, 5.74) is 2.04. The molecule has 1 aromatic heterocycles. The molecule has 4 rings (SSSR count). The number of carbonyl (C=O) groups is 1. The molecule has 2 aliphatic rings. The quantitative estimate of drug-likeness (QED) is 0.836. The minimum Gasteiger partial charge on any atom is -0.486 e. The molecule has 1 spiro atoms. The van der Waals surface area contributed by atoms with Crippen LogP contribution in [0.2, 0.25) is 0 Å². The van der Waals surface area contributed by atoms with Gasteiger partial charge in [-0.15, -0.1) is 11.3 Å². The van der Waals surface area contributed by atoms with Gasteiger partial charge >= 0.3 is 0 Å². The summed E-state index contributed by atoms with van der Waals surface area (Å²) in [6, 6.07) is 7.96. The van der Waals surface area contributed by atoms with Gasteiger partial charge < -0.3 is 14.4 Å². The van der Waals surface area contributed by atoms with Crippen LogP contribution in [-0.2, 0) is 22.6 Å². The van der Waals surface area contributed by atoms with Gasteiger partial charge in [0, 0.05) is 11.9 Å². The van der Waals surface area contributed by atoms with Crippen molar-refractivity contribution in [3.63, 3.8) is 0 Å². The summed E-state index contributed by atoms with van der Waals surface area (Å²) in [5.74, 6) is 0.988. The van der Waals surface area contributed by atoms with E-state index in [1.807, 2.05) is 41.5 Å². The highest BCUT2D eigenvalue weighted by molar-refractivity contribution is 7.09. The van der Waals surface area contributed by atoms with Crippen molar-refractivity contribution in [1.82, 2.24) is 9.88 Å². The van der Waals surface area contributed by atoms with E-state index >= 15 is 0 Å². The molecule has 24 heavy (non-hydrogen) atoms. The predicted molar refractivity (Wildman–Crippen MR) is 91.2 cm³/mol. The first-order valence-electron chi connectivity index (χ1n) is 8.16. The van der Waals surface area contributed by atoms with Gasteiger partial charge in [0.2, 0.25) is 5.91 Å². The van der Waals surface area contributed by atoms with Crippen molar-refractivity contribution in [3.8, 4) is 5.75 Å². The van der Waals surface area contributed by atoms with Crippen molar-refractivity contribution in [2.75, 3.05) is 19.8 Å². The lowest BCUT2D eigenvalue weighted by atomic mass is 9.82. The lowest BCUT2D eigenvalue weighted by molar-refractivity contribution is -0.199. The average molecular weight is 344 g/mol. The van der Waals surface area contributed by atoms with Crippen molar-refractivity contribution in [1.29, 1.82) is 0 Å². The number of carbonyl (C=O) groups excluding carboxylic acids is 1. The summed E-state index contributed by atoms with van der Waals surface area (Å²) < 4.78 is 11.0. The van der Waals surface area contributed by atoms with E-state index in [2.05, 4.69) is 4.98 Å². The maximum absolute atomic E-state index is 12.4. The zero-order valence-corrected chi connectivity index (χ0v) is 14.5. The van der Waals surface area contributed by atoms with Crippen molar-refractivity contribution in [3.05, 3.63) is 45.9 Å². The van der Waals surface area contributed by atoms with Crippen LogP contribution in [0.25, 0.3) is 0 Å². The van der Waals surface area contributed by atoms with E-state index in [-0.39, 0.29) is 11.4 Å². The van der Waals surface area contributed by atoms with Crippen LogP contribution in [0.15, 0.2) is 29.6 Å². The molecule has 2 aromatic rings. The van der Waals surface area contributed by atoms with E-state index in [0.717, 1.165) is 29.4 Å². The Morgan fingerprint density at radius 3 is 2.79 bits per heavy atom. The highest BCUT2D eigenvalue weighted by Crippen LogP contribution is 2.37. The zero-order valence-electron chi connectivity index (χ0n) is 13.7. The van der Waals surface area contributed by atoms with Crippen molar-refractivity contribution in [2.24, 2.45) is 0 Å². The van der Waals surface area contributed by atoms with Crippen LogP contribution < -0.4 is 4.74 Å². The molecule has 1 aromatic carbocycles. The number of likely N-dealkylation sites (tertiary alicyclic amines) is 1. The van der Waals surface area contributed by atoms with Crippen LogP contribution in [0.4, 0.5) is 0 Å². The number of thiazole rings is 1. The number of ether oxygens (including phenoxy) is 2. The third kappa shape index (κ3) is 2.91. The average Bonchev–Trinajstić information content (AvgIpc) is 2.91. The van der Waals surface area contributed by atoms with Gasteiger partial charge in [-0.25, -0.2) is 4.98 Å². The molecule has 2 fully saturated rings. The summed E-state index contributed by atoms with van der Waals surface area (Å²) in [7, 11) is 0. The summed E-state index contributed by atoms with van der Waals surface area (Å²) in [5, 5.41) is 2.85. The normalized spacial score (nSPS) is 18.1. The number of benzene rings is 1. The van der Waals surface area contributed by atoms with Gasteiger partial charge in [-0.1, -0.05) is 17.7 Å². The number of aryl methyl sites for hydroxylation is 1. The van der Waals surface area contributed by atoms with Crippen LogP contribution in [0.1, 0.15) is 22.7 Å². The van der Waals surface area contributed by atoms with Crippen molar-refractivity contribution >= 4 is 17.2 Å². The Morgan fingerprint density at radius 2 is 2.17 bits per heavy atom. The Balaban J connectivity index is 1.31. The molecule has 0 radical (unpaired) electrons. The third-order valence-electron chi connectivity index (χ3n) is 4.73. The van der Waals surface area contributed by atoms with Crippen LogP contribution in [0.5, 0.6) is 5.75 Å². The molecule has 0 unspecified atom stereocenters. The fourth-order valence-electron chi connectivity index (χ4n) is 3.09. The Kier molecular flexibility index (Phi) is 4.02. The van der Waals surface area contributed by atoms with Gasteiger partial charge in [0.05, 0.1) is 30.9 Å². The van der Waals surface area contributed by atoms with Crippen LogP contribution in [0, 0.1) is 6.92 Å². The Hall–Kier alpha value is -1.92. The molecule has 126 valence electrons. The monoisotopic (exact) mass is 344 g/mol. The third-order valence-corrected chi connectivity index (χ3v) is 5.60. The maximum Gasteiger partial charge on any atom is 0.229 e.